The van der Waals surface area contributed by atoms with Crippen LogP contribution in [-0.2, 0) is 24.0 Å². The molecule has 0 aliphatic carbocycles. The lowest BCUT2D eigenvalue weighted by Crippen LogP contribution is -2.53. The molecular formula is C18H27N5O8. The van der Waals surface area contributed by atoms with Gasteiger partial charge in [0.2, 0.25) is 23.6 Å². The summed E-state index contributed by atoms with van der Waals surface area (Å²) in [6.45, 7) is 1.12. The lowest BCUT2D eigenvalue weighted by Gasteiger charge is -2.26. The average molecular weight is 441 g/mol. The second kappa shape index (κ2) is 10.6. The van der Waals surface area contributed by atoms with Crippen LogP contribution in [0.2, 0.25) is 0 Å². The Morgan fingerprint density at radius 1 is 0.839 bits per heavy atom. The van der Waals surface area contributed by atoms with Crippen molar-refractivity contribution < 1.29 is 39.0 Å². The van der Waals surface area contributed by atoms with Gasteiger partial charge in [0, 0.05) is 13.1 Å². The van der Waals surface area contributed by atoms with E-state index in [-0.39, 0.29) is 6.54 Å². The third-order valence-electron chi connectivity index (χ3n) is 5.29. The average Bonchev–Trinajstić information content (AvgIpc) is 3.39. The fourth-order valence-corrected chi connectivity index (χ4v) is 3.68. The molecule has 2 aliphatic heterocycles. The smallest absolute Gasteiger partial charge is 0.405 e. The molecule has 0 radical (unpaired) electrons. The van der Waals surface area contributed by atoms with Crippen LogP contribution in [0.25, 0.3) is 0 Å². The van der Waals surface area contributed by atoms with Gasteiger partial charge in [0.25, 0.3) is 0 Å². The van der Waals surface area contributed by atoms with E-state index < -0.39 is 60.4 Å². The topological polar surface area (TPSA) is 185 Å². The molecule has 5 amide bonds. The predicted molar refractivity (Wildman–Crippen MR) is 104 cm³/mol. The van der Waals surface area contributed by atoms with Crippen molar-refractivity contribution in [2.75, 3.05) is 26.2 Å². The zero-order chi connectivity index (χ0) is 23.1. The molecule has 0 saturated carbocycles. The van der Waals surface area contributed by atoms with Crippen LogP contribution in [0.1, 0.15) is 32.6 Å². The monoisotopic (exact) mass is 441 g/mol. The second-order valence-corrected chi connectivity index (χ2v) is 7.44. The number of hydrogen-bond donors (Lipinski definition) is 5. The van der Waals surface area contributed by atoms with Crippen LogP contribution in [0.15, 0.2) is 0 Å². The van der Waals surface area contributed by atoms with Crippen LogP contribution in [0.3, 0.4) is 0 Å². The minimum Gasteiger partial charge on any atom is -0.480 e. The molecule has 0 aromatic heterocycles. The molecule has 0 spiro atoms. The number of carbonyl (C=O) groups excluding carboxylic acids is 4. The van der Waals surface area contributed by atoms with E-state index in [1.54, 1.807) is 0 Å². The summed E-state index contributed by atoms with van der Waals surface area (Å²) in [4.78, 5) is 73.5. The van der Waals surface area contributed by atoms with E-state index in [9.17, 15) is 28.8 Å². The molecule has 2 heterocycles. The lowest BCUT2D eigenvalue weighted by molar-refractivity contribution is -0.143. The Bertz CT molecular complexity index is 757. The maximum absolute atomic E-state index is 12.6. The molecule has 2 aliphatic rings. The zero-order valence-electron chi connectivity index (χ0n) is 17.1. The summed E-state index contributed by atoms with van der Waals surface area (Å²) in [5, 5.41) is 24.3. The largest absolute Gasteiger partial charge is 0.480 e. The molecule has 13 nitrogen and oxygen atoms in total. The number of carbonyl (C=O) groups is 6. The number of nitrogens with zero attached hydrogens (tertiary/aromatic N) is 2. The van der Waals surface area contributed by atoms with Crippen molar-refractivity contribution >= 4 is 35.7 Å². The van der Waals surface area contributed by atoms with E-state index in [0.717, 1.165) is 0 Å². The zero-order valence-corrected chi connectivity index (χ0v) is 17.1. The minimum absolute atomic E-state index is 0.308. The summed E-state index contributed by atoms with van der Waals surface area (Å²) in [6, 6.07) is -2.70. The SMILES string of the molecule is C[C@H](NC(=O)[C@@H]1CCCN1C(=O)CNC(=O)[C@@H]1CCCN1C(=O)CNC(=O)O)C(=O)O. The summed E-state index contributed by atoms with van der Waals surface area (Å²) < 4.78 is 0. The fourth-order valence-electron chi connectivity index (χ4n) is 3.68. The summed E-state index contributed by atoms with van der Waals surface area (Å²) >= 11 is 0. The first-order valence-corrected chi connectivity index (χ1v) is 9.98. The Morgan fingerprint density at radius 2 is 1.32 bits per heavy atom. The number of rotatable bonds is 8. The maximum atomic E-state index is 12.6. The molecule has 0 aromatic carbocycles. The summed E-state index contributed by atoms with van der Waals surface area (Å²) in [7, 11) is 0. The highest BCUT2D eigenvalue weighted by molar-refractivity contribution is 5.94. The standard InChI is InChI=1S/C18H27N5O8/c1-10(17(28)29)21-16(27)12-5-3-7-23(12)13(24)8-19-15(26)11-4-2-6-22(11)14(25)9-20-18(30)31/h10-12,20H,2-9H2,1H3,(H,19,26)(H,21,27)(H,28,29)(H,30,31)/t10-,11-,12-/m0/s1. The van der Waals surface area contributed by atoms with Crippen LogP contribution >= 0.6 is 0 Å². The van der Waals surface area contributed by atoms with Gasteiger partial charge in [-0.15, -0.1) is 0 Å². The number of likely N-dealkylation sites (tertiary alicyclic amines) is 2. The molecule has 31 heavy (non-hydrogen) atoms. The van der Waals surface area contributed by atoms with Gasteiger partial charge in [-0.25, -0.2) is 4.79 Å². The van der Waals surface area contributed by atoms with Gasteiger partial charge in [0.05, 0.1) is 6.54 Å². The highest BCUT2D eigenvalue weighted by Crippen LogP contribution is 2.19. The minimum atomic E-state index is -1.35. The molecule has 2 fully saturated rings. The van der Waals surface area contributed by atoms with E-state index in [1.165, 1.54) is 16.7 Å². The predicted octanol–water partition coefficient (Wildman–Crippen LogP) is -2.06. The Labute approximate surface area is 178 Å². The normalized spacial score (nSPS) is 21.3. The van der Waals surface area contributed by atoms with E-state index in [4.69, 9.17) is 10.2 Å². The molecular weight excluding hydrogens is 414 g/mol. The Balaban J connectivity index is 1.88. The van der Waals surface area contributed by atoms with Crippen molar-refractivity contribution in [1.82, 2.24) is 25.8 Å². The third kappa shape index (κ3) is 6.30. The molecule has 2 rings (SSSR count). The van der Waals surface area contributed by atoms with Crippen molar-refractivity contribution in [3.05, 3.63) is 0 Å². The third-order valence-corrected chi connectivity index (χ3v) is 5.29. The lowest BCUT2D eigenvalue weighted by atomic mass is 10.2. The Hall–Kier alpha value is -3.38. The molecule has 0 bridgehead atoms. The van der Waals surface area contributed by atoms with Crippen LogP contribution in [-0.4, -0.2) is 100 Å². The summed E-state index contributed by atoms with van der Waals surface area (Å²) in [5.74, 6) is -3.31. The maximum Gasteiger partial charge on any atom is 0.405 e. The van der Waals surface area contributed by atoms with E-state index in [0.29, 0.717) is 38.8 Å². The highest BCUT2D eigenvalue weighted by atomic mass is 16.4. The van der Waals surface area contributed by atoms with Crippen LogP contribution < -0.4 is 16.0 Å². The number of nitrogens with one attached hydrogen (secondary N) is 3. The molecule has 172 valence electrons. The number of carboxylic acids is 1. The van der Waals surface area contributed by atoms with Gasteiger partial charge >= 0.3 is 12.1 Å². The van der Waals surface area contributed by atoms with Gasteiger partial charge in [-0.1, -0.05) is 0 Å². The highest BCUT2D eigenvalue weighted by Gasteiger charge is 2.37. The molecule has 0 aromatic rings. The van der Waals surface area contributed by atoms with E-state index >= 15 is 0 Å². The van der Waals surface area contributed by atoms with Gasteiger partial charge in [0.15, 0.2) is 0 Å². The molecule has 2 saturated heterocycles. The van der Waals surface area contributed by atoms with Crippen molar-refractivity contribution in [1.29, 1.82) is 0 Å². The first-order chi connectivity index (χ1) is 14.6. The first kappa shape index (κ1) is 23.9. The van der Waals surface area contributed by atoms with Crippen molar-refractivity contribution in [2.45, 2.75) is 50.7 Å². The van der Waals surface area contributed by atoms with E-state index in [1.807, 2.05) is 5.32 Å². The van der Waals surface area contributed by atoms with E-state index in [2.05, 4.69) is 10.6 Å². The van der Waals surface area contributed by atoms with Crippen LogP contribution in [0.4, 0.5) is 4.79 Å². The Morgan fingerprint density at radius 3 is 1.81 bits per heavy atom. The number of hydrogen-bond acceptors (Lipinski definition) is 6. The number of aliphatic carboxylic acids is 1. The van der Waals surface area contributed by atoms with Gasteiger partial charge in [-0.05, 0) is 32.6 Å². The van der Waals surface area contributed by atoms with Crippen molar-refractivity contribution in [3.8, 4) is 0 Å². The fraction of sp³-hybridized carbons (Fsp3) is 0.667. The Kier molecular flexibility index (Phi) is 8.16. The number of carboxylic acid groups (broad SMARTS) is 2. The van der Waals surface area contributed by atoms with Gasteiger partial charge in [-0.2, -0.15) is 0 Å². The van der Waals surface area contributed by atoms with Gasteiger partial charge < -0.3 is 36.0 Å². The van der Waals surface area contributed by atoms with Gasteiger partial charge in [0.1, 0.15) is 24.7 Å². The van der Waals surface area contributed by atoms with Crippen molar-refractivity contribution in [3.63, 3.8) is 0 Å². The molecule has 13 heteroatoms. The van der Waals surface area contributed by atoms with Crippen LogP contribution in [0, 0.1) is 0 Å². The summed E-state index contributed by atoms with van der Waals surface area (Å²) in [5.41, 5.74) is 0. The molecule has 3 atom stereocenters. The molecule has 0 unspecified atom stereocenters. The second-order valence-electron chi connectivity index (χ2n) is 7.44. The number of amides is 5. The molecule has 5 N–H and O–H groups in total. The quantitative estimate of drug-likeness (QED) is 0.284. The van der Waals surface area contributed by atoms with Crippen LogP contribution in [0.5, 0.6) is 0 Å². The summed E-state index contributed by atoms with van der Waals surface area (Å²) in [6.07, 6.45) is 0.572. The van der Waals surface area contributed by atoms with Gasteiger partial charge in [-0.3, -0.25) is 24.0 Å². The van der Waals surface area contributed by atoms with Crippen molar-refractivity contribution in [2.24, 2.45) is 0 Å². The first-order valence-electron chi connectivity index (χ1n) is 9.98.